The first-order chi connectivity index (χ1) is 18.6. The molecule has 6 nitrogen and oxygen atoms in total. The molecule has 39 heavy (non-hydrogen) atoms. The molecule has 1 amide bonds. The predicted octanol–water partition coefficient (Wildman–Crippen LogP) is 6.07. The molecule has 4 aliphatic rings. The van der Waals surface area contributed by atoms with Gasteiger partial charge in [-0.1, -0.05) is 41.5 Å². The first-order valence-electron chi connectivity index (χ1n) is 16.4. The topological polar surface area (TPSA) is 93.4 Å². The highest BCUT2D eigenvalue weighted by Gasteiger charge is 2.59. The Morgan fingerprint density at radius 2 is 1.67 bits per heavy atom. The monoisotopic (exact) mass is 547 g/mol. The molecule has 9 unspecified atom stereocenters. The number of hydrogen-bond acceptors (Lipinski definition) is 5. The van der Waals surface area contributed by atoms with Crippen molar-refractivity contribution in [1.82, 2.24) is 10.6 Å². The fourth-order valence-corrected chi connectivity index (χ4v) is 9.69. The lowest BCUT2D eigenvalue weighted by Gasteiger charge is -2.61. The Kier molecular flexibility index (Phi) is 11.8. The summed E-state index contributed by atoms with van der Waals surface area (Å²) in [6.45, 7) is 14.8. The van der Waals surface area contributed by atoms with Crippen molar-refractivity contribution in [2.45, 2.75) is 131 Å². The third-order valence-corrected chi connectivity index (χ3v) is 11.8. The second-order valence-corrected chi connectivity index (χ2v) is 13.9. The number of carbonyl (C=O) groups is 2. The molecule has 0 saturated heterocycles. The summed E-state index contributed by atoms with van der Waals surface area (Å²) in [6, 6.07) is 0.118. The lowest BCUT2D eigenvalue weighted by Crippen LogP contribution is -2.55. The maximum absolute atomic E-state index is 12.6. The molecule has 0 spiro atoms. The number of esters is 1. The Labute approximate surface area is 239 Å². The second kappa shape index (κ2) is 14.2. The number of nitrogens with one attached hydrogen (secondary N) is 2. The van der Waals surface area contributed by atoms with Crippen LogP contribution in [0.1, 0.15) is 119 Å². The van der Waals surface area contributed by atoms with Gasteiger partial charge in [-0.3, -0.25) is 4.79 Å². The van der Waals surface area contributed by atoms with Crippen LogP contribution in [0.3, 0.4) is 0 Å². The maximum atomic E-state index is 12.6. The number of nitrogens with two attached hydrogens (primary N) is 1. The highest BCUT2D eigenvalue weighted by atomic mass is 16.5. The Balaban J connectivity index is 0.00000205. The molecule has 4 aliphatic carbocycles. The van der Waals surface area contributed by atoms with E-state index in [0.29, 0.717) is 23.3 Å². The second-order valence-electron chi connectivity index (χ2n) is 13.9. The van der Waals surface area contributed by atoms with E-state index in [1.807, 2.05) is 27.7 Å². The van der Waals surface area contributed by atoms with Gasteiger partial charge in [-0.15, -0.1) is 0 Å². The molecular weight excluding hydrogens is 486 g/mol. The van der Waals surface area contributed by atoms with Crippen molar-refractivity contribution >= 4 is 11.9 Å². The Morgan fingerprint density at radius 1 is 0.974 bits per heavy atom. The van der Waals surface area contributed by atoms with Crippen LogP contribution in [0.2, 0.25) is 0 Å². The summed E-state index contributed by atoms with van der Waals surface area (Å²) in [6.07, 6.45) is 14.9. The van der Waals surface area contributed by atoms with E-state index in [1.165, 1.54) is 64.9 Å². The van der Waals surface area contributed by atoms with Gasteiger partial charge in [0.25, 0.3) is 0 Å². The van der Waals surface area contributed by atoms with Gasteiger partial charge >= 0.3 is 5.97 Å². The minimum Gasteiger partial charge on any atom is -0.467 e. The van der Waals surface area contributed by atoms with Crippen molar-refractivity contribution in [2.75, 3.05) is 20.2 Å². The van der Waals surface area contributed by atoms with E-state index in [2.05, 4.69) is 24.5 Å². The Morgan fingerprint density at radius 3 is 2.33 bits per heavy atom. The zero-order valence-corrected chi connectivity index (χ0v) is 26.3. The molecule has 0 bridgehead atoms. The molecule has 0 heterocycles. The minimum atomic E-state index is -0.552. The first-order valence-corrected chi connectivity index (χ1v) is 16.4. The fraction of sp³-hybridized carbons (Fsp3) is 0.939. The summed E-state index contributed by atoms with van der Waals surface area (Å²) in [5, 5.41) is 6.63. The lowest BCUT2D eigenvalue weighted by atomic mass is 9.44. The largest absolute Gasteiger partial charge is 0.467 e. The fourth-order valence-electron chi connectivity index (χ4n) is 9.69. The number of rotatable bonds is 10. The van der Waals surface area contributed by atoms with E-state index < -0.39 is 6.04 Å². The van der Waals surface area contributed by atoms with E-state index in [1.54, 1.807) is 0 Å². The van der Waals surface area contributed by atoms with Crippen LogP contribution in [0, 0.1) is 46.3 Å². The molecule has 6 heteroatoms. The van der Waals surface area contributed by atoms with Gasteiger partial charge in [0.2, 0.25) is 5.91 Å². The zero-order chi connectivity index (χ0) is 28.8. The predicted molar refractivity (Wildman–Crippen MR) is 160 cm³/mol. The van der Waals surface area contributed by atoms with Gasteiger partial charge in [0.15, 0.2) is 0 Å². The molecule has 0 aromatic heterocycles. The van der Waals surface area contributed by atoms with E-state index in [4.69, 9.17) is 10.5 Å². The van der Waals surface area contributed by atoms with Gasteiger partial charge < -0.3 is 21.1 Å². The molecule has 0 radical (unpaired) electrons. The third kappa shape index (κ3) is 6.85. The molecule has 9 atom stereocenters. The average molecular weight is 548 g/mol. The number of amides is 1. The number of hydrogen-bond donors (Lipinski definition) is 3. The van der Waals surface area contributed by atoms with Gasteiger partial charge in [0.05, 0.1) is 7.11 Å². The Hall–Kier alpha value is -1.14. The molecule has 226 valence electrons. The summed E-state index contributed by atoms with van der Waals surface area (Å²) in [5.74, 6) is 3.91. The van der Waals surface area contributed by atoms with E-state index in [9.17, 15) is 9.59 Å². The van der Waals surface area contributed by atoms with Gasteiger partial charge in [0.1, 0.15) is 6.04 Å². The molecule has 0 aromatic carbocycles. The van der Waals surface area contributed by atoms with Crippen molar-refractivity contribution in [3.63, 3.8) is 0 Å². The summed E-state index contributed by atoms with van der Waals surface area (Å²) in [7, 11) is 1.38. The van der Waals surface area contributed by atoms with Crippen LogP contribution < -0.4 is 16.4 Å². The molecule has 4 N–H and O–H groups in total. The van der Waals surface area contributed by atoms with Gasteiger partial charge in [-0.05, 0) is 117 Å². The van der Waals surface area contributed by atoms with Crippen LogP contribution >= 0.6 is 0 Å². The Bertz CT molecular complexity index is 803. The quantitative estimate of drug-likeness (QED) is 0.289. The molecule has 4 saturated carbocycles. The molecule has 0 aromatic rings. The lowest BCUT2D eigenvalue weighted by molar-refractivity contribution is -0.146. The highest BCUT2D eigenvalue weighted by Crippen LogP contribution is 2.67. The van der Waals surface area contributed by atoms with Gasteiger partial charge in [-0.25, -0.2) is 4.79 Å². The standard InChI is InChI=1S/C31H55N3O3.C2H6/c1-20(2)28(29(36)37-5)34-27(35)8-6-7-21-10-12-25-24-11-9-22-19-23(33-18-17-32)13-15-31(22,4)26(24)14-16-30(21,25)3;1-2/h20-26,28,33H,6-19,32H2,1-5H3,(H,34,35);1-2H3. The number of carbonyl (C=O) groups excluding carboxylic acids is 2. The van der Waals surface area contributed by atoms with Crippen LogP contribution in [0.25, 0.3) is 0 Å². The number of ether oxygens (including phenoxy) is 1. The van der Waals surface area contributed by atoms with E-state index in [-0.39, 0.29) is 17.8 Å². The van der Waals surface area contributed by atoms with Crippen molar-refractivity contribution in [3.05, 3.63) is 0 Å². The van der Waals surface area contributed by atoms with Crippen LogP contribution in [-0.4, -0.2) is 44.2 Å². The molecule has 0 aliphatic heterocycles. The van der Waals surface area contributed by atoms with Crippen molar-refractivity contribution < 1.29 is 14.3 Å². The van der Waals surface area contributed by atoms with Crippen LogP contribution in [0.15, 0.2) is 0 Å². The van der Waals surface area contributed by atoms with Crippen LogP contribution in [0.5, 0.6) is 0 Å². The maximum Gasteiger partial charge on any atom is 0.328 e. The van der Waals surface area contributed by atoms with E-state index in [0.717, 1.165) is 55.5 Å². The van der Waals surface area contributed by atoms with E-state index >= 15 is 0 Å². The van der Waals surface area contributed by atoms with Crippen molar-refractivity contribution in [2.24, 2.45) is 52.1 Å². The van der Waals surface area contributed by atoms with Crippen LogP contribution in [0.4, 0.5) is 0 Å². The summed E-state index contributed by atoms with van der Waals surface area (Å²) >= 11 is 0. The molecular formula is C33H61N3O3. The van der Waals surface area contributed by atoms with Crippen molar-refractivity contribution in [1.29, 1.82) is 0 Å². The summed E-state index contributed by atoms with van der Waals surface area (Å²) < 4.78 is 4.88. The SMILES string of the molecule is CC.COC(=O)C(NC(=O)CCCC1CCC2C3CCC4CC(NCCN)CCC4(C)C3CCC12C)C(C)C. The number of fused-ring (bicyclic) bond motifs is 5. The normalized spacial score (nSPS) is 38.0. The van der Waals surface area contributed by atoms with Crippen molar-refractivity contribution in [3.8, 4) is 0 Å². The van der Waals surface area contributed by atoms with Gasteiger partial charge in [-0.2, -0.15) is 0 Å². The van der Waals surface area contributed by atoms with Gasteiger partial charge in [0, 0.05) is 25.6 Å². The third-order valence-electron chi connectivity index (χ3n) is 11.8. The smallest absolute Gasteiger partial charge is 0.328 e. The van der Waals surface area contributed by atoms with Crippen LogP contribution in [-0.2, 0) is 14.3 Å². The minimum absolute atomic E-state index is 0.0182. The zero-order valence-electron chi connectivity index (χ0n) is 26.3. The summed E-state index contributed by atoms with van der Waals surface area (Å²) in [5.41, 5.74) is 6.72. The molecule has 4 rings (SSSR count). The summed E-state index contributed by atoms with van der Waals surface area (Å²) in [4.78, 5) is 24.6. The molecule has 4 fully saturated rings. The first kappa shape index (κ1) is 32.4. The number of methoxy groups -OCH3 is 1. The average Bonchev–Trinajstić information content (AvgIpc) is 3.27. The highest BCUT2D eigenvalue weighted by molar-refractivity contribution is 5.84.